The van der Waals surface area contributed by atoms with E-state index in [-0.39, 0.29) is 12.1 Å². The van der Waals surface area contributed by atoms with Gasteiger partial charge in [-0.2, -0.15) is 4.68 Å². The lowest BCUT2D eigenvalue weighted by molar-refractivity contribution is 0.157. The molecule has 1 fully saturated rings. The van der Waals surface area contributed by atoms with Gasteiger partial charge < -0.3 is 9.47 Å². The first kappa shape index (κ1) is 21.1. The molecule has 1 amide bonds. The van der Waals surface area contributed by atoms with Gasteiger partial charge in [-0.15, -0.1) is 4.68 Å². The quantitative estimate of drug-likeness (QED) is 0.590. The molecule has 3 aromatic rings. The zero-order valence-electron chi connectivity index (χ0n) is 18.5. The second-order valence-electron chi connectivity index (χ2n) is 8.27. The summed E-state index contributed by atoms with van der Waals surface area (Å²) in [7, 11) is 0. The van der Waals surface area contributed by atoms with Crippen molar-refractivity contribution in [2.75, 3.05) is 6.54 Å². The van der Waals surface area contributed by atoms with Crippen LogP contribution in [0.4, 0.5) is 4.79 Å². The summed E-state index contributed by atoms with van der Waals surface area (Å²) < 4.78 is 4.27. The molecule has 8 nitrogen and oxygen atoms in total. The van der Waals surface area contributed by atoms with Crippen molar-refractivity contribution in [2.24, 2.45) is 0 Å². The number of amides is 1. The van der Waals surface area contributed by atoms with Crippen molar-refractivity contribution in [3.05, 3.63) is 63.8 Å². The summed E-state index contributed by atoms with van der Waals surface area (Å²) in [5.41, 5.74) is 3.22. The Morgan fingerprint density at radius 3 is 2.48 bits per heavy atom. The van der Waals surface area contributed by atoms with Crippen LogP contribution in [0, 0.1) is 13.8 Å². The normalized spacial score (nSPS) is 14.7. The van der Waals surface area contributed by atoms with Crippen LogP contribution in [0.3, 0.4) is 0 Å². The van der Waals surface area contributed by atoms with Crippen molar-refractivity contribution in [3.8, 4) is 5.69 Å². The van der Waals surface area contributed by atoms with Gasteiger partial charge in [-0.1, -0.05) is 49.6 Å². The minimum Gasteiger partial charge on any atom is -0.343 e. The van der Waals surface area contributed by atoms with Gasteiger partial charge in [0.15, 0.2) is 0 Å². The summed E-state index contributed by atoms with van der Waals surface area (Å²) in [4.78, 5) is 28.0. The summed E-state index contributed by atoms with van der Waals surface area (Å²) in [6, 6.07) is 11.9. The topological polar surface area (TPSA) is 78.0 Å². The van der Waals surface area contributed by atoms with Crippen LogP contribution in [0.2, 0.25) is 0 Å². The molecule has 2 aromatic heterocycles. The highest BCUT2D eigenvalue weighted by molar-refractivity contribution is 5.76. The number of aryl methyl sites for hydroxylation is 1. The second-order valence-corrected chi connectivity index (χ2v) is 8.27. The summed E-state index contributed by atoms with van der Waals surface area (Å²) in [6.45, 7) is 7.15. The van der Waals surface area contributed by atoms with Gasteiger partial charge in [0, 0.05) is 30.5 Å². The Balaban J connectivity index is 1.63. The van der Waals surface area contributed by atoms with E-state index in [4.69, 9.17) is 0 Å². The second kappa shape index (κ2) is 8.91. The lowest BCUT2D eigenvalue weighted by atomic mass is 9.94. The summed E-state index contributed by atoms with van der Waals surface area (Å²) >= 11 is 0. The van der Waals surface area contributed by atoms with Crippen LogP contribution < -0.4 is 5.69 Å². The maximum absolute atomic E-state index is 13.1. The molecule has 0 N–H and O–H groups in total. The fraction of sp³-hybridized carbons (Fsp3) is 0.478. The number of carbonyl (C=O) groups excluding carboxylic acids is 1. The average Bonchev–Trinajstić information content (AvgIpc) is 3.30. The molecule has 1 aliphatic carbocycles. The van der Waals surface area contributed by atoms with Crippen LogP contribution >= 0.6 is 0 Å². The number of nitrogens with zero attached hydrogens (tertiary/aromatic N) is 6. The van der Waals surface area contributed by atoms with Crippen LogP contribution in [0.1, 0.15) is 56.0 Å². The molecule has 0 aliphatic heterocycles. The van der Waals surface area contributed by atoms with Crippen molar-refractivity contribution in [3.63, 3.8) is 0 Å². The van der Waals surface area contributed by atoms with Crippen LogP contribution in [0.5, 0.6) is 0 Å². The molecule has 0 saturated heterocycles. The van der Waals surface area contributed by atoms with Crippen molar-refractivity contribution in [1.29, 1.82) is 0 Å². The van der Waals surface area contributed by atoms with Crippen molar-refractivity contribution >= 4 is 6.03 Å². The number of rotatable bonds is 5. The number of aromatic nitrogens is 5. The van der Waals surface area contributed by atoms with Crippen LogP contribution in [0.25, 0.3) is 5.69 Å². The smallest absolute Gasteiger partial charge is 0.343 e. The van der Waals surface area contributed by atoms with Gasteiger partial charge in [0.25, 0.3) is 0 Å². The zero-order chi connectivity index (χ0) is 22.0. The van der Waals surface area contributed by atoms with E-state index in [1.807, 2.05) is 45.0 Å². The molecule has 2 heterocycles. The average molecular weight is 423 g/mol. The Morgan fingerprint density at radius 1 is 1.10 bits per heavy atom. The van der Waals surface area contributed by atoms with E-state index < -0.39 is 5.69 Å². The molecule has 0 radical (unpaired) electrons. The molecule has 0 bridgehead atoms. The summed E-state index contributed by atoms with van der Waals surface area (Å²) in [5, 5.41) is 7.98. The van der Waals surface area contributed by atoms with E-state index in [0.717, 1.165) is 41.8 Å². The molecule has 164 valence electrons. The molecule has 0 atom stereocenters. The summed E-state index contributed by atoms with van der Waals surface area (Å²) in [6.07, 6.45) is 5.38. The lowest BCUT2D eigenvalue weighted by Gasteiger charge is -2.32. The third-order valence-electron chi connectivity index (χ3n) is 6.32. The van der Waals surface area contributed by atoms with Gasteiger partial charge >= 0.3 is 11.7 Å². The van der Waals surface area contributed by atoms with Crippen molar-refractivity contribution in [2.45, 2.75) is 65.5 Å². The van der Waals surface area contributed by atoms with Gasteiger partial charge in [-0.25, -0.2) is 9.59 Å². The molecule has 8 heteroatoms. The van der Waals surface area contributed by atoms with Crippen LogP contribution in [-0.4, -0.2) is 47.9 Å². The van der Waals surface area contributed by atoms with Gasteiger partial charge in [0.1, 0.15) is 0 Å². The Kier molecular flexibility index (Phi) is 6.06. The molecule has 0 unspecified atom stereocenters. The standard InChI is InChI=1S/C23H30N6O2/c1-4-26(20-13-9-6-10-14-20)22(30)29-23(31)28(24-25-29)21-15-17(2)27(18(21)3)16-19-11-7-5-8-12-19/h5,7-8,11-12,15,20H,4,6,9-10,13-14,16H2,1-3H3. The molecule has 1 saturated carbocycles. The molecule has 1 aromatic carbocycles. The first-order valence-corrected chi connectivity index (χ1v) is 11.1. The SMILES string of the molecule is CCN(C(=O)n1nnn(-c2cc(C)n(Cc3ccccc3)c2C)c1=O)C1CCCCC1. The molecule has 1 aliphatic rings. The maximum atomic E-state index is 13.1. The van der Waals surface area contributed by atoms with E-state index in [1.54, 1.807) is 4.90 Å². The number of hydrogen-bond acceptors (Lipinski definition) is 4. The fourth-order valence-corrected chi connectivity index (χ4v) is 4.59. The highest BCUT2D eigenvalue weighted by atomic mass is 16.2. The van der Waals surface area contributed by atoms with Gasteiger partial charge in [-0.3, -0.25) is 0 Å². The first-order valence-electron chi connectivity index (χ1n) is 11.1. The molecule has 0 spiro atoms. The third-order valence-corrected chi connectivity index (χ3v) is 6.32. The Hall–Kier alpha value is -3.16. The third kappa shape index (κ3) is 4.06. The molecule has 31 heavy (non-hydrogen) atoms. The Labute approximate surface area is 182 Å². The van der Waals surface area contributed by atoms with E-state index >= 15 is 0 Å². The summed E-state index contributed by atoms with van der Waals surface area (Å²) in [5.74, 6) is 0. The van der Waals surface area contributed by atoms with Gasteiger partial charge in [0.05, 0.1) is 5.69 Å². The lowest BCUT2D eigenvalue weighted by Crippen LogP contribution is -2.46. The van der Waals surface area contributed by atoms with E-state index in [0.29, 0.717) is 18.8 Å². The van der Waals surface area contributed by atoms with E-state index in [2.05, 4.69) is 27.1 Å². The number of tetrazole rings is 1. The van der Waals surface area contributed by atoms with Crippen LogP contribution in [0.15, 0.2) is 41.2 Å². The predicted molar refractivity (Wildman–Crippen MR) is 119 cm³/mol. The molecular formula is C23H30N6O2. The Morgan fingerprint density at radius 2 is 1.81 bits per heavy atom. The minimum absolute atomic E-state index is 0.166. The number of carbonyl (C=O) groups is 1. The van der Waals surface area contributed by atoms with Crippen molar-refractivity contribution in [1.82, 2.24) is 29.3 Å². The van der Waals surface area contributed by atoms with E-state index in [1.165, 1.54) is 16.7 Å². The largest absolute Gasteiger partial charge is 0.377 e. The monoisotopic (exact) mass is 422 g/mol. The fourth-order valence-electron chi connectivity index (χ4n) is 4.59. The highest BCUT2D eigenvalue weighted by Gasteiger charge is 2.28. The van der Waals surface area contributed by atoms with Crippen LogP contribution in [-0.2, 0) is 6.54 Å². The highest BCUT2D eigenvalue weighted by Crippen LogP contribution is 2.23. The van der Waals surface area contributed by atoms with E-state index in [9.17, 15) is 9.59 Å². The van der Waals surface area contributed by atoms with Crippen molar-refractivity contribution < 1.29 is 4.79 Å². The van der Waals surface area contributed by atoms with Gasteiger partial charge in [-0.05, 0) is 55.7 Å². The predicted octanol–water partition coefficient (Wildman–Crippen LogP) is 3.52. The molecule has 4 rings (SSSR count). The first-order chi connectivity index (χ1) is 15.0. The Bertz CT molecular complexity index is 1110. The number of hydrogen-bond donors (Lipinski definition) is 0. The maximum Gasteiger partial charge on any atom is 0.377 e. The molecular weight excluding hydrogens is 392 g/mol. The number of benzene rings is 1. The van der Waals surface area contributed by atoms with Gasteiger partial charge in [0.2, 0.25) is 0 Å². The minimum atomic E-state index is -0.528. The zero-order valence-corrected chi connectivity index (χ0v) is 18.5.